The van der Waals surface area contributed by atoms with Crippen LogP contribution >= 0.6 is 7.91 Å². The summed E-state index contributed by atoms with van der Waals surface area (Å²) < 4.78 is 26.8. The Bertz CT molecular complexity index is 151. The molecule has 0 fully saturated rings. The van der Waals surface area contributed by atoms with Gasteiger partial charge in [-0.25, -0.2) is 4.57 Å². The summed E-state index contributed by atoms with van der Waals surface area (Å²) in [6, 6.07) is 0. The fraction of sp³-hybridized carbons (Fsp3) is 1.00. The van der Waals surface area contributed by atoms with Gasteiger partial charge >= 0.3 is 7.91 Å². The smallest absolute Gasteiger partial charge is 0.299 e. The predicted molar refractivity (Wildman–Crippen MR) is 45.6 cm³/mol. The lowest BCUT2D eigenvalue weighted by molar-refractivity contribution is 0.135. The van der Waals surface area contributed by atoms with Crippen LogP contribution in [0.3, 0.4) is 0 Å². The minimum Gasteiger partial charge on any atom is -0.299 e. The minimum atomic E-state index is -4.78. The van der Waals surface area contributed by atoms with Crippen LogP contribution in [0.2, 0.25) is 0 Å². The average Bonchev–Trinajstić information content (AvgIpc) is 1.84. The van der Waals surface area contributed by atoms with Crippen molar-refractivity contribution in [3.05, 3.63) is 0 Å². The average molecular weight is 198 g/mol. The zero-order valence-corrected chi connectivity index (χ0v) is 8.39. The molecule has 0 saturated carbocycles. The molecule has 0 aliphatic carbocycles. The summed E-state index contributed by atoms with van der Waals surface area (Å²) in [6.07, 6.45) is 2.49. The van der Waals surface area contributed by atoms with Gasteiger partial charge in [0.05, 0.1) is 6.10 Å². The Morgan fingerprint density at radius 1 is 1.42 bits per heavy atom. The molecule has 0 heterocycles. The lowest BCUT2D eigenvalue weighted by Gasteiger charge is -2.15. The third-order valence-corrected chi connectivity index (χ3v) is 2.06. The highest BCUT2D eigenvalue weighted by atomic mass is 31.2. The lowest BCUT2D eigenvalue weighted by Crippen LogP contribution is -2.09. The van der Waals surface area contributed by atoms with Gasteiger partial charge in [-0.3, -0.25) is 9.42 Å². The molecule has 1 unspecified atom stereocenters. The standard InChI is InChI=1S/C7H16FO3P/c1-3-5-7(6-4-2)11-12(8,9)10/h7H,3-6H2,1-2H3,(H,9,10). The molecule has 1 atom stereocenters. The zero-order valence-electron chi connectivity index (χ0n) is 7.49. The van der Waals surface area contributed by atoms with Crippen molar-refractivity contribution in [2.45, 2.75) is 45.6 Å². The molecule has 0 amide bonds. The van der Waals surface area contributed by atoms with Crippen molar-refractivity contribution in [1.29, 1.82) is 0 Å². The second-order valence-corrected chi connectivity index (χ2v) is 3.87. The van der Waals surface area contributed by atoms with E-state index in [0.29, 0.717) is 12.8 Å². The summed E-state index contributed by atoms with van der Waals surface area (Å²) in [6.45, 7) is 3.85. The lowest BCUT2D eigenvalue weighted by atomic mass is 10.1. The van der Waals surface area contributed by atoms with Gasteiger partial charge in [-0.05, 0) is 12.8 Å². The van der Waals surface area contributed by atoms with Crippen LogP contribution in [0.25, 0.3) is 0 Å². The first-order valence-corrected chi connectivity index (χ1v) is 5.67. The minimum absolute atomic E-state index is 0.416. The molecule has 0 radical (unpaired) electrons. The van der Waals surface area contributed by atoms with Crippen molar-refractivity contribution in [2.75, 3.05) is 0 Å². The van der Waals surface area contributed by atoms with Gasteiger partial charge < -0.3 is 0 Å². The van der Waals surface area contributed by atoms with Crippen molar-refractivity contribution >= 4 is 7.91 Å². The number of rotatable bonds is 6. The monoisotopic (exact) mass is 198 g/mol. The second-order valence-electron chi connectivity index (χ2n) is 2.76. The van der Waals surface area contributed by atoms with Gasteiger partial charge in [0.15, 0.2) is 0 Å². The third kappa shape index (κ3) is 6.77. The maximum absolute atomic E-state index is 12.2. The Kier molecular flexibility index (Phi) is 5.72. The van der Waals surface area contributed by atoms with E-state index < -0.39 is 14.0 Å². The molecule has 12 heavy (non-hydrogen) atoms. The quantitative estimate of drug-likeness (QED) is 0.667. The van der Waals surface area contributed by atoms with Crippen molar-refractivity contribution in [3.63, 3.8) is 0 Å². The molecule has 0 bridgehead atoms. The highest BCUT2D eigenvalue weighted by Gasteiger charge is 2.22. The Morgan fingerprint density at radius 2 is 1.83 bits per heavy atom. The van der Waals surface area contributed by atoms with E-state index in [0.717, 1.165) is 12.8 Å². The van der Waals surface area contributed by atoms with E-state index in [-0.39, 0.29) is 0 Å². The van der Waals surface area contributed by atoms with E-state index in [4.69, 9.17) is 4.89 Å². The van der Waals surface area contributed by atoms with Crippen molar-refractivity contribution in [2.24, 2.45) is 0 Å². The van der Waals surface area contributed by atoms with E-state index in [9.17, 15) is 8.76 Å². The van der Waals surface area contributed by atoms with Gasteiger partial charge in [0.2, 0.25) is 0 Å². The predicted octanol–water partition coefficient (Wildman–Crippen LogP) is 3.04. The Morgan fingerprint density at radius 3 is 2.08 bits per heavy atom. The number of halogens is 1. The fourth-order valence-corrected chi connectivity index (χ4v) is 1.66. The first-order chi connectivity index (χ1) is 5.49. The van der Waals surface area contributed by atoms with Gasteiger partial charge in [0, 0.05) is 0 Å². The van der Waals surface area contributed by atoms with E-state index in [1.54, 1.807) is 0 Å². The van der Waals surface area contributed by atoms with Gasteiger partial charge in [-0.2, -0.15) is 0 Å². The number of hydrogen-bond acceptors (Lipinski definition) is 2. The van der Waals surface area contributed by atoms with Gasteiger partial charge in [-0.15, -0.1) is 4.20 Å². The molecule has 5 heteroatoms. The Balaban J connectivity index is 3.86. The van der Waals surface area contributed by atoms with E-state index in [2.05, 4.69) is 4.52 Å². The summed E-state index contributed by atoms with van der Waals surface area (Å²) >= 11 is 0. The van der Waals surface area contributed by atoms with Crippen LogP contribution in [0.15, 0.2) is 0 Å². The fourth-order valence-electron chi connectivity index (χ4n) is 1.08. The van der Waals surface area contributed by atoms with Gasteiger partial charge in [-0.1, -0.05) is 26.7 Å². The number of hydrogen-bond donors (Lipinski definition) is 1. The van der Waals surface area contributed by atoms with Crippen molar-refractivity contribution in [3.8, 4) is 0 Å². The first kappa shape index (κ1) is 12.1. The van der Waals surface area contributed by atoms with Crippen LogP contribution in [0.1, 0.15) is 39.5 Å². The molecule has 0 aliphatic heterocycles. The molecule has 0 aromatic heterocycles. The highest BCUT2D eigenvalue weighted by molar-refractivity contribution is 7.46. The normalized spacial score (nSPS) is 16.4. The summed E-state index contributed by atoms with van der Waals surface area (Å²) in [5, 5.41) is 0. The van der Waals surface area contributed by atoms with Crippen LogP contribution in [0.5, 0.6) is 0 Å². The molecule has 74 valence electrons. The molecule has 0 aromatic rings. The summed E-state index contributed by atoms with van der Waals surface area (Å²) in [7, 11) is -4.78. The Labute approximate surface area is 72.6 Å². The van der Waals surface area contributed by atoms with Crippen LogP contribution in [-0.4, -0.2) is 11.0 Å². The summed E-state index contributed by atoms with van der Waals surface area (Å²) in [5.74, 6) is 0. The second kappa shape index (κ2) is 5.68. The first-order valence-electron chi connectivity index (χ1n) is 4.20. The molecule has 0 spiro atoms. The molecule has 0 aliphatic rings. The molecule has 0 rings (SSSR count). The largest absolute Gasteiger partial charge is 0.510 e. The maximum atomic E-state index is 12.2. The molecule has 3 nitrogen and oxygen atoms in total. The van der Waals surface area contributed by atoms with Crippen LogP contribution in [0.4, 0.5) is 4.20 Å². The van der Waals surface area contributed by atoms with E-state index in [1.165, 1.54) is 0 Å². The SMILES string of the molecule is CCCC(CCC)OP(=O)(O)F. The molecular formula is C7H16FO3P. The van der Waals surface area contributed by atoms with Crippen LogP contribution in [-0.2, 0) is 9.09 Å². The van der Waals surface area contributed by atoms with Gasteiger partial charge in [0.25, 0.3) is 0 Å². The molecular weight excluding hydrogens is 182 g/mol. The maximum Gasteiger partial charge on any atom is 0.510 e. The van der Waals surface area contributed by atoms with Crippen LogP contribution in [0, 0.1) is 0 Å². The van der Waals surface area contributed by atoms with Gasteiger partial charge in [0.1, 0.15) is 0 Å². The highest BCUT2D eigenvalue weighted by Crippen LogP contribution is 2.45. The topological polar surface area (TPSA) is 46.5 Å². The molecule has 1 N–H and O–H groups in total. The van der Waals surface area contributed by atoms with Crippen molar-refractivity contribution in [1.82, 2.24) is 0 Å². The summed E-state index contributed by atoms with van der Waals surface area (Å²) in [5.41, 5.74) is 0. The van der Waals surface area contributed by atoms with E-state index >= 15 is 0 Å². The molecule has 0 aromatic carbocycles. The van der Waals surface area contributed by atoms with E-state index in [1.807, 2.05) is 13.8 Å². The van der Waals surface area contributed by atoms with Crippen LogP contribution < -0.4 is 0 Å². The summed E-state index contributed by atoms with van der Waals surface area (Å²) in [4.78, 5) is 8.31. The molecule has 0 saturated heterocycles. The third-order valence-electron chi connectivity index (χ3n) is 1.50. The van der Waals surface area contributed by atoms with Crippen molar-refractivity contribution < 1.29 is 18.2 Å². The Hall–Kier alpha value is 0.0800. The zero-order chi connectivity index (χ0) is 9.61.